The Bertz CT molecular complexity index is 336. The molecular formula is C11H19Cl2N3. The van der Waals surface area contributed by atoms with Crippen LogP contribution < -0.4 is 5.32 Å². The van der Waals surface area contributed by atoms with Crippen LogP contribution in [0.25, 0.3) is 0 Å². The maximum atomic E-state index is 6.12. The van der Waals surface area contributed by atoms with Crippen LogP contribution in [0.3, 0.4) is 0 Å². The van der Waals surface area contributed by atoms with Crippen molar-refractivity contribution in [2.75, 3.05) is 6.54 Å². The van der Waals surface area contributed by atoms with Gasteiger partial charge in [-0.15, -0.1) is 11.6 Å². The summed E-state index contributed by atoms with van der Waals surface area (Å²) in [6.45, 7) is 5.73. The molecule has 0 radical (unpaired) electrons. The molecule has 1 heterocycles. The molecule has 0 aliphatic heterocycles. The maximum absolute atomic E-state index is 6.12. The molecule has 0 spiro atoms. The second-order valence-corrected chi connectivity index (χ2v) is 4.92. The summed E-state index contributed by atoms with van der Waals surface area (Å²) in [5.41, 5.74) is 2.06. The van der Waals surface area contributed by atoms with Gasteiger partial charge in [0.15, 0.2) is 0 Å². The van der Waals surface area contributed by atoms with E-state index >= 15 is 0 Å². The third kappa shape index (κ3) is 3.65. The van der Waals surface area contributed by atoms with Crippen molar-refractivity contribution < 1.29 is 0 Å². The van der Waals surface area contributed by atoms with Gasteiger partial charge in [-0.3, -0.25) is 4.68 Å². The second-order valence-electron chi connectivity index (χ2n) is 3.95. The number of nitrogens with one attached hydrogen (secondary N) is 1. The predicted molar refractivity (Wildman–Crippen MR) is 69.2 cm³/mol. The van der Waals surface area contributed by atoms with E-state index < -0.39 is 0 Å². The highest BCUT2D eigenvalue weighted by Gasteiger charge is 2.10. The molecule has 0 fully saturated rings. The fraction of sp³-hybridized carbons (Fsp3) is 0.727. The van der Waals surface area contributed by atoms with Crippen LogP contribution in [0.5, 0.6) is 0 Å². The topological polar surface area (TPSA) is 29.9 Å². The van der Waals surface area contributed by atoms with Crippen molar-refractivity contribution in [1.82, 2.24) is 15.1 Å². The van der Waals surface area contributed by atoms with Crippen molar-refractivity contribution in [3.63, 3.8) is 0 Å². The summed E-state index contributed by atoms with van der Waals surface area (Å²) in [5, 5.41) is 8.57. The largest absolute Gasteiger partial charge is 0.312 e. The lowest BCUT2D eigenvalue weighted by atomic mass is 10.2. The van der Waals surface area contributed by atoms with E-state index in [-0.39, 0.29) is 5.38 Å². The fourth-order valence-corrected chi connectivity index (χ4v) is 1.90. The summed E-state index contributed by atoms with van der Waals surface area (Å²) >= 11 is 12.1. The number of halogens is 2. The van der Waals surface area contributed by atoms with Crippen LogP contribution in [-0.4, -0.2) is 21.7 Å². The summed E-state index contributed by atoms with van der Waals surface area (Å²) in [5.74, 6) is 0. The number of nitrogens with zero attached hydrogens (tertiary/aromatic N) is 2. The average molecular weight is 264 g/mol. The number of aryl methyl sites for hydroxylation is 2. The van der Waals surface area contributed by atoms with E-state index in [1.807, 2.05) is 14.0 Å². The summed E-state index contributed by atoms with van der Waals surface area (Å²) in [7, 11) is 1.85. The van der Waals surface area contributed by atoms with E-state index in [1.54, 1.807) is 4.68 Å². The Hall–Kier alpha value is -0.250. The number of hydrogen-bond donors (Lipinski definition) is 1. The number of aromatic nitrogens is 2. The highest BCUT2D eigenvalue weighted by molar-refractivity contribution is 6.30. The molecule has 1 atom stereocenters. The Labute approximate surface area is 107 Å². The van der Waals surface area contributed by atoms with Crippen molar-refractivity contribution in [2.45, 2.75) is 38.6 Å². The Morgan fingerprint density at radius 3 is 2.69 bits per heavy atom. The molecule has 5 heteroatoms. The molecule has 1 aromatic rings. The molecule has 0 saturated carbocycles. The summed E-state index contributed by atoms with van der Waals surface area (Å²) < 4.78 is 1.70. The van der Waals surface area contributed by atoms with Gasteiger partial charge in [-0.25, -0.2) is 0 Å². The van der Waals surface area contributed by atoms with Gasteiger partial charge >= 0.3 is 0 Å². The van der Waals surface area contributed by atoms with E-state index in [4.69, 9.17) is 23.2 Å². The first-order valence-corrected chi connectivity index (χ1v) is 6.40. The van der Waals surface area contributed by atoms with E-state index in [2.05, 4.69) is 17.3 Å². The van der Waals surface area contributed by atoms with Crippen molar-refractivity contribution in [3.8, 4) is 0 Å². The van der Waals surface area contributed by atoms with Crippen molar-refractivity contribution >= 4 is 23.2 Å². The van der Waals surface area contributed by atoms with Crippen molar-refractivity contribution in [2.24, 2.45) is 7.05 Å². The zero-order chi connectivity index (χ0) is 12.1. The minimum atomic E-state index is 0.262. The fourth-order valence-electron chi connectivity index (χ4n) is 1.55. The van der Waals surface area contributed by atoms with E-state index in [9.17, 15) is 0 Å². The van der Waals surface area contributed by atoms with Gasteiger partial charge in [0.1, 0.15) is 5.15 Å². The van der Waals surface area contributed by atoms with Gasteiger partial charge in [0, 0.05) is 24.5 Å². The molecule has 1 unspecified atom stereocenters. The zero-order valence-corrected chi connectivity index (χ0v) is 11.6. The highest BCUT2D eigenvalue weighted by Crippen LogP contribution is 2.18. The van der Waals surface area contributed by atoms with Crippen LogP contribution in [0.4, 0.5) is 0 Å². The van der Waals surface area contributed by atoms with Gasteiger partial charge in [0.05, 0.1) is 5.69 Å². The molecule has 3 nitrogen and oxygen atoms in total. The summed E-state index contributed by atoms with van der Waals surface area (Å²) in [6, 6.07) is 0. The molecule has 1 rings (SSSR count). The van der Waals surface area contributed by atoms with Crippen LogP contribution in [-0.2, 0) is 13.6 Å². The van der Waals surface area contributed by atoms with E-state index in [1.165, 1.54) is 0 Å². The van der Waals surface area contributed by atoms with Gasteiger partial charge < -0.3 is 5.32 Å². The second kappa shape index (κ2) is 6.48. The lowest BCUT2D eigenvalue weighted by molar-refractivity contribution is 0.620. The normalized spacial score (nSPS) is 13.1. The van der Waals surface area contributed by atoms with Crippen molar-refractivity contribution in [3.05, 3.63) is 16.4 Å². The number of hydrogen-bond acceptors (Lipinski definition) is 2. The molecular weight excluding hydrogens is 245 g/mol. The van der Waals surface area contributed by atoms with Gasteiger partial charge in [-0.2, -0.15) is 5.10 Å². The predicted octanol–water partition coefficient (Wildman–Crippen LogP) is 2.88. The molecule has 0 bridgehead atoms. The third-order valence-electron chi connectivity index (χ3n) is 2.65. The number of rotatable bonds is 6. The lowest BCUT2D eigenvalue weighted by Crippen LogP contribution is -2.18. The third-order valence-corrected chi connectivity index (χ3v) is 3.65. The van der Waals surface area contributed by atoms with Gasteiger partial charge in [-0.05, 0) is 26.3 Å². The van der Waals surface area contributed by atoms with E-state index in [0.717, 1.165) is 37.2 Å². The Morgan fingerprint density at radius 2 is 2.19 bits per heavy atom. The maximum Gasteiger partial charge on any atom is 0.131 e. The van der Waals surface area contributed by atoms with Crippen LogP contribution in [0.2, 0.25) is 5.15 Å². The SMILES string of the molecule is CCC(Cl)CCNCc1c(C)nn(C)c1Cl. The van der Waals surface area contributed by atoms with Crippen LogP contribution in [0.15, 0.2) is 0 Å². The van der Waals surface area contributed by atoms with Gasteiger partial charge in [0.25, 0.3) is 0 Å². The van der Waals surface area contributed by atoms with Crippen LogP contribution in [0, 0.1) is 6.92 Å². The van der Waals surface area contributed by atoms with E-state index in [0.29, 0.717) is 5.15 Å². The molecule has 16 heavy (non-hydrogen) atoms. The average Bonchev–Trinajstić information content (AvgIpc) is 2.49. The molecule has 0 aromatic carbocycles. The lowest BCUT2D eigenvalue weighted by Gasteiger charge is -2.07. The highest BCUT2D eigenvalue weighted by atomic mass is 35.5. The monoisotopic (exact) mass is 263 g/mol. The molecule has 1 aromatic heterocycles. The first-order valence-electron chi connectivity index (χ1n) is 5.59. The number of alkyl halides is 1. The Kier molecular flexibility index (Phi) is 5.59. The molecule has 0 saturated heterocycles. The zero-order valence-electron chi connectivity index (χ0n) is 10.1. The Balaban J connectivity index is 2.37. The summed E-state index contributed by atoms with van der Waals surface area (Å²) in [4.78, 5) is 0. The quantitative estimate of drug-likeness (QED) is 0.632. The first kappa shape index (κ1) is 13.8. The first-order chi connectivity index (χ1) is 7.56. The molecule has 0 aliphatic rings. The minimum Gasteiger partial charge on any atom is -0.312 e. The standard InChI is InChI=1S/C11H19Cl2N3/c1-4-9(12)5-6-14-7-10-8(2)15-16(3)11(10)13/h9,14H,4-7H2,1-3H3. The molecule has 0 amide bonds. The molecule has 0 aliphatic carbocycles. The Morgan fingerprint density at radius 1 is 1.50 bits per heavy atom. The van der Waals surface area contributed by atoms with Crippen LogP contribution in [0.1, 0.15) is 31.0 Å². The van der Waals surface area contributed by atoms with Crippen LogP contribution >= 0.6 is 23.2 Å². The summed E-state index contributed by atoms with van der Waals surface area (Å²) in [6.07, 6.45) is 1.99. The smallest absolute Gasteiger partial charge is 0.131 e. The van der Waals surface area contributed by atoms with Gasteiger partial charge in [0.2, 0.25) is 0 Å². The van der Waals surface area contributed by atoms with Crippen molar-refractivity contribution in [1.29, 1.82) is 0 Å². The van der Waals surface area contributed by atoms with Gasteiger partial charge in [-0.1, -0.05) is 18.5 Å². The minimum absolute atomic E-state index is 0.262. The molecule has 92 valence electrons. The molecule has 1 N–H and O–H groups in total.